The molecule has 1 aromatic heterocycles. The van der Waals surface area contributed by atoms with Crippen LogP contribution in [0.1, 0.15) is 54.4 Å². The van der Waals surface area contributed by atoms with Crippen LogP contribution in [0.5, 0.6) is 0 Å². The molecular weight excluding hydrogens is 372 g/mol. The van der Waals surface area contributed by atoms with Crippen molar-refractivity contribution in [3.8, 4) is 0 Å². The van der Waals surface area contributed by atoms with Crippen LogP contribution in [-0.4, -0.2) is 24.0 Å². The van der Waals surface area contributed by atoms with Gasteiger partial charge in [-0.3, -0.25) is 0 Å². The minimum Gasteiger partial charge on any atom is -0.545 e. The lowest BCUT2D eigenvalue weighted by Crippen LogP contribution is -2.27. The summed E-state index contributed by atoms with van der Waals surface area (Å²) in [5.74, 6) is -0.776. The van der Waals surface area contributed by atoms with Crippen molar-refractivity contribution in [1.82, 2.24) is 4.98 Å². The van der Waals surface area contributed by atoms with Crippen molar-refractivity contribution in [2.24, 2.45) is 5.92 Å². The molecule has 4 heteroatoms. The Labute approximate surface area is 177 Å². The molecule has 4 rings (SSSR count). The summed E-state index contributed by atoms with van der Waals surface area (Å²) >= 11 is 0. The maximum absolute atomic E-state index is 12.1. The number of hydrogen-bond acceptors (Lipinski definition) is 4. The summed E-state index contributed by atoms with van der Waals surface area (Å²) in [4.78, 5) is 19.2. The molecule has 0 unspecified atom stereocenters. The zero-order chi connectivity index (χ0) is 21.3. The third-order valence-electron chi connectivity index (χ3n) is 5.99. The van der Waals surface area contributed by atoms with E-state index in [1.54, 1.807) is 0 Å². The number of rotatable bonds is 5. The van der Waals surface area contributed by atoms with Gasteiger partial charge in [0.05, 0.1) is 17.2 Å². The Kier molecular flexibility index (Phi) is 5.58. The van der Waals surface area contributed by atoms with E-state index in [1.165, 1.54) is 5.69 Å². The molecule has 0 radical (unpaired) electrons. The number of aromatic nitrogens is 1. The van der Waals surface area contributed by atoms with Gasteiger partial charge in [-0.2, -0.15) is 0 Å². The van der Waals surface area contributed by atoms with Gasteiger partial charge in [0.15, 0.2) is 0 Å². The minimum absolute atomic E-state index is 0.296. The predicted molar refractivity (Wildman–Crippen MR) is 121 cm³/mol. The monoisotopic (exact) mass is 399 g/mol. The van der Waals surface area contributed by atoms with Gasteiger partial charge in [0.1, 0.15) is 0 Å². The molecule has 0 amide bonds. The summed E-state index contributed by atoms with van der Waals surface area (Å²) in [5, 5.41) is 12.7. The Bertz CT molecular complexity index is 1110. The molecule has 3 aromatic rings. The molecule has 1 atom stereocenters. The smallest absolute Gasteiger partial charge is 0.0725 e. The van der Waals surface area contributed by atoms with E-state index in [0.29, 0.717) is 28.8 Å². The summed E-state index contributed by atoms with van der Waals surface area (Å²) in [6.07, 6.45) is 3.73. The Morgan fingerprint density at radius 3 is 2.47 bits per heavy atom. The third kappa shape index (κ3) is 3.70. The number of allylic oxidation sites excluding steroid dienone is 1. The van der Waals surface area contributed by atoms with Crippen LogP contribution in [0, 0.1) is 5.92 Å². The highest BCUT2D eigenvalue weighted by Gasteiger charge is 2.25. The third-order valence-corrected chi connectivity index (χ3v) is 5.99. The topological polar surface area (TPSA) is 56.3 Å². The second-order valence-electron chi connectivity index (χ2n) is 8.07. The summed E-state index contributed by atoms with van der Waals surface area (Å²) in [6, 6.07) is 16.0. The lowest BCUT2D eigenvalue weighted by Gasteiger charge is -2.27. The first kappa shape index (κ1) is 20.1. The van der Waals surface area contributed by atoms with Gasteiger partial charge in [-0.25, -0.2) is 4.98 Å². The number of carbonyl (C=O) groups is 1. The fraction of sp³-hybridized carbons (Fsp3) is 0.308. The highest BCUT2D eigenvalue weighted by molar-refractivity contribution is 6.05. The first-order valence-electron chi connectivity index (χ1n) is 10.7. The first-order chi connectivity index (χ1) is 14.5. The largest absolute Gasteiger partial charge is 0.545 e. The molecule has 0 spiro atoms. The van der Waals surface area contributed by atoms with E-state index in [1.807, 2.05) is 24.3 Å². The van der Waals surface area contributed by atoms with E-state index in [0.717, 1.165) is 41.9 Å². The average molecular weight is 400 g/mol. The maximum atomic E-state index is 12.1. The number of fused-ring (bicyclic) bond motifs is 2. The van der Waals surface area contributed by atoms with Gasteiger partial charge in [-0.05, 0) is 73.6 Å². The van der Waals surface area contributed by atoms with Crippen molar-refractivity contribution >= 4 is 34.2 Å². The van der Waals surface area contributed by atoms with E-state index in [4.69, 9.17) is 4.98 Å². The molecule has 0 bridgehead atoms. The van der Waals surface area contributed by atoms with Crippen molar-refractivity contribution in [3.63, 3.8) is 0 Å². The van der Waals surface area contributed by atoms with Crippen molar-refractivity contribution in [2.75, 3.05) is 18.0 Å². The Morgan fingerprint density at radius 2 is 1.80 bits per heavy atom. The Hall–Kier alpha value is -3.14. The second kappa shape index (κ2) is 8.31. The van der Waals surface area contributed by atoms with Gasteiger partial charge in [0, 0.05) is 29.7 Å². The van der Waals surface area contributed by atoms with Crippen LogP contribution in [0.2, 0.25) is 0 Å². The zero-order valence-corrected chi connectivity index (χ0v) is 17.8. The number of pyridine rings is 1. The molecular formula is C26H27N2O2-. The fourth-order valence-corrected chi connectivity index (χ4v) is 4.54. The van der Waals surface area contributed by atoms with Crippen LogP contribution in [0.4, 0.5) is 5.69 Å². The van der Waals surface area contributed by atoms with Crippen molar-refractivity contribution < 1.29 is 9.90 Å². The number of nitrogens with zero attached hydrogens (tertiary/aromatic N) is 2. The molecule has 0 saturated heterocycles. The molecule has 1 aliphatic carbocycles. The predicted octanol–water partition coefficient (Wildman–Crippen LogP) is 4.57. The second-order valence-corrected chi connectivity index (χ2v) is 8.07. The Morgan fingerprint density at radius 1 is 1.10 bits per heavy atom. The SMILES string of the molecule is CCN(CC)c1ccc(/C=C2\C[C@H](C)Cc3c2nc2ccccc2c3C(=O)[O-])cc1. The minimum atomic E-state index is -1.12. The number of anilines is 1. The molecule has 1 heterocycles. The molecule has 0 fully saturated rings. The van der Waals surface area contributed by atoms with Crippen molar-refractivity contribution in [2.45, 2.75) is 33.6 Å². The van der Waals surface area contributed by atoms with E-state index >= 15 is 0 Å². The molecule has 1 aliphatic rings. The summed E-state index contributed by atoms with van der Waals surface area (Å²) < 4.78 is 0. The number of carbonyl (C=O) groups excluding carboxylic acids is 1. The maximum Gasteiger partial charge on any atom is 0.0725 e. The number of aromatic carboxylic acids is 1. The van der Waals surface area contributed by atoms with E-state index in [9.17, 15) is 9.90 Å². The molecule has 30 heavy (non-hydrogen) atoms. The number of para-hydroxylation sites is 1. The van der Waals surface area contributed by atoms with Crippen LogP contribution in [0.15, 0.2) is 48.5 Å². The normalized spacial score (nSPS) is 17.2. The van der Waals surface area contributed by atoms with E-state index in [2.05, 4.69) is 56.0 Å². The first-order valence-corrected chi connectivity index (χ1v) is 10.7. The highest BCUT2D eigenvalue weighted by atomic mass is 16.4. The van der Waals surface area contributed by atoms with Gasteiger partial charge in [0.2, 0.25) is 0 Å². The molecule has 0 N–H and O–H groups in total. The van der Waals surface area contributed by atoms with Crippen LogP contribution in [0.25, 0.3) is 22.6 Å². The molecule has 0 saturated carbocycles. The highest BCUT2D eigenvalue weighted by Crippen LogP contribution is 2.38. The number of carboxylic acids is 1. The molecule has 4 nitrogen and oxygen atoms in total. The average Bonchev–Trinajstić information content (AvgIpc) is 2.74. The van der Waals surface area contributed by atoms with Crippen LogP contribution < -0.4 is 10.0 Å². The Balaban J connectivity index is 1.83. The van der Waals surface area contributed by atoms with E-state index < -0.39 is 5.97 Å². The molecule has 2 aromatic carbocycles. The zero-order valence-electron chi connectivity index (χ0n) is 17.8. The van der Waals surface area contributed by atoms with E-state index in [-0.39, 0.29) is 0 Å². The van der Waals surface area contributed by atoms with Gasteiger partial charge in [-0.15, -0.1) is 0 Å². The summed E-state index contributed by atoms with van der Waals surface area (Å²) in [7, 11) is 0. The van der Waals surface area contributed by atoms with Crippen molar-refractivity contribution in [3.05, 3.63) is 70.9 Å². The number of benzene rings is 2. The van der Waals surface area contributed by atoms with Crippen molar-refractivity contribution in [1.29, 1.82) is 0 Å². The quantitative estimate of drug-likeness (QED) is 0.631. The van der Waals surface area contributed by atoms with Gasteiger partial charge < -0.3 is 14.8 Å². The standard InChI is InChI=1S/C26H28N2O2/c1-4-28(5-2)20-12-10-18(11-13-20)16-19-14-17(3)15-22-24(26(29)30)21-8-6-7-9-23(21)27-25(19)22/h6-13,16-17H,4-5,14-15H2,1-3H3,(H,29,30)/p-1/b19-16+/t17-/m0/s1. The lowest BCUT2D eigenvalue weighted by atomic mass is 9.80. The number of hydrogen-bond donors (Lipinski definition) is 0. The van der Waals surface area contributed by atoms with Crippen LogP contribution >= 0.6 is 0 Å². The van der Waals surface area contributed by atoms with Gasteiger partial charge in [-0.1, -0.05) is 37.3 Å². The van der Waals surface area contributed by atoms with Gasteiger partial charge in [0.25, 0.3) is 0 Å². The molecule has 154 valence electrons. The number of carboxylic acid groups (broad SMARTS) is 1. The fourth-order valence-electron chi connectivity index (χ4n) is 4.54. The van der Waals surface area contributed by atoms with Crippen LogP contribution in [-0.2, 0) is 6.42 Å². The van der Waals surface area contributed by atoms with Crippen LogP contribution in [0.3, 0.4) is 0 Å². The molecule has 0 aliphatic heterocycles. The summed E-state index contributed by atoms with van der Waals surface area (Å²) in [5.41, 5.74) is 6.01. The summed E-state index contributed by atoms with van der Waals surface area (Å²) in [6.45, 7) is 8.43. The van der Waals surface area contributed by atoms with Gasteiger partial charge >= 0.3 is 0 Å². The lowest BCUT2D eigenvalue weighted by molar-refractivity contribution is -0.254.